The van der Waals surface area contributed by atoms with E-state index in [0.29, 0.717) is 15.6 Å². The minimum absolute atomic E-state index is 0.145. The van der Waals surface area contributed by atoms with Gasteiger partial charge in [0.1, 0.15) is 5.16 Å². The van der Waals surface area contributed by atoms with Crippen molar-refractivity contribution in [2.45, 2.75) is 38.5 Å². The normalized spacial score (nSPS) is 12.7. The lowest BCUT2D eigenvalue weighted by Crippen LogP contribution is -2.26. The molecular formula is C12H16BrF2O4P. The van der Waals surface area contributed by atoms with Gasteiger partial charge in [-0.1, -0.05) is 41.9 Å². The van der Waals surface area contributed by atoms with E-state index in [4.69, 9.17) is 5.11 Å². The minimum Gasteiger partial charge on any atom is -0.392 e. The molecule has 1 aromatic rings. The van der Waals surface area contributed by atoms with Gasteiger partial charge in [0.25, 0.3) is 0 Å². The van der Waals surface area contributed by atoms with E-state index < -0.39 is 12.8 Å². The van der Waals surface area contributed by atoms with Crippen LogP contribution in [0.25, 0.3) is 0 Å². The molecule has 1 aromatic carbocycles. The third-order valence-electron chi connectivity index (χ3n) is 3.59. The summed E-state index contributed by atoms with van der Waals surface area (Å²) in [5.41, 5.74) is 1.01. The van der Waals surface area contributed by atoms with Crippen LogP contribution in [0.3, 0.4) is 0 Å². The van der Waals surface area contributed by atoms with Gasteiger partial charge in [-0.25, -0.2) is 0 Å². The van der Waals surface area contributed by atoms with Crippen molar-refractivity contribution in [3.8, 4) is 0 Å². The Kier molecular flexibility index (Phi) is 6.28. The smallest absolute Gasteiger partial charge is 0.392 e. The van der Waals surface area contributed by atoms with E-state index >= 15 is 0 Å². The molecule has 20 heavy (non-hydrogen) atoms. The number of aliphatic hydroxyl groups excluding tert-OH is 1. The van der Waals surface area contributed by atoms with Crippen molar-refractivity contribution < 1.29 is 28.2 Å². The lowest BCUT2D eigenvalue weighted by molar-refractivity contribution is -0.0961. The zero-order chi connectivity index (χ0) is 15.4. The van der Waals surface area contributed by atoms with E-state index in [1.807, 2.05) is 0 Å². The van der Waals surface area contributed by atoms with Gasteiger partial charge in [-0.05, 0) is 39.1 Å². The molecule has 0 spiro atoms. The molecule has 0 aliphatic heterocycles. The van der Waals surface area contributed by atoms with Crippen LogP contribution < -0.4 is 0 Å². The van der Waals surface area contributed by atoms with Crippen LogP contribution >= 0.6 is 23.5 Å². The van der Waals surface area contributed by atoms with Gasteiger partial charge in [0.15, 0.2) is 0 Å². The highest BCUT2D eigenvalue weighted by Gasteiger charge is 2.53. The first-order valence-corrected chi connectivity index (χ1v) is 8.38. The Morgan fingerprint density at radius 2 is 1.85 bits per heavy atom. The van der Waals surface area contributed by atoms with E-state index in [1.54, 1.807) is 32.0 Å². The highest BCUT2D eigenvalue weighted by molar-refractivity contribution is 9.10. The summed E-state index contributed by atoms with van der Waals surface area (Å²) >= 11 is 3.27. The Morgan fingerprint density at radius 1 is 1.30 bits per heavy atom. The molecule has 0 radical (unpaired) electrons. The topological polar surface area (TPSA) is 55.8 Å². The SMILES string of the molecule is CCC(CC)(c1ccc(CO)cc1Br)P(=O)(OF)OF. The van der Waals surface area contributed by atoms with Gasteiger partial charge in [-0.2, -0.15) is 0 Å². The molecule has 114 valence electrons. The van der Waals surface area contributed by atoms with Crippen molar-refractivity contribution in [1.29, 1.82) is 0 Å². The number of rotatable bonds is 7. The van der Waals surface area contributed by atoms with Gasteiger partial charge in [0.05, 0.1) is 6.61 Å². The lowest BCUT2D eigenvalue weighted by atomic mass is 9.92. The van der Waals surface area contributed by atoms with Gasteiger partial charge in [0.2, 0.25) is 0 Å². The molecule has 0 saturated carbocycles. The summed E-state index contributed by atoms with van der Waals surface area (Å²) in [6, 6.07) is 4.73. The summed E-state index contributed by atoms with van der Waals surface area (Å²) in [4.78, 5) is 0. The molecule has 0 saturated heterocycles. The van der Waals surface area contributed by atoms with Gasteiger partial charge in [0, 0.05) is 4.47 Å². The van der Waals surface area contributed by atoms with Crippen molar-refractivity contribution >= 4 is 23.5 Å². The summed E-state index contributed by atoms with van der Waals surface area (Å²) < 4.78 is 44.9. The predicted molar refractivity (Wildman–Crippen MR) is 74.3 cm³/mol. The number of benzene rings is 1. The van der Waals surface area contributed by atoms with Gasteiger partial charge in [-0.3, -0.25) is 4.57 Å². The third kappa shape index (κ3) is 2.83. The Bertz CT molecular complexity index is 500. The third-order valence-corrected chi connectivity index (χ3v) is 6.53. The highest BCUT2D eigenvalue weighted by Crippen LogP contribution is 2.69. The number of hydrogen-bond acceptors (Lipinski definition) is 4. The molecule has 0 aliphatic carbocycles. The van der Waals surface area contributed by atoms with Crippen LogP contribution in [-0.4, -0.2) is 5.11 Å². The van der Waals surface area contributed by atoms with Crippen molar-refractivity contribution in [3.05, 3.63) is 33.8 Å². The molecular weight excluding hydrogens is 357 g/mol. The van der Waals surface area contributed by atoms with Crippen LogP contribution in [0, 0.1) is 0 Å². The number of hydrogen-bond donors (Lipinski definition) is 1. The summed E-state index contributed by atoms with van der Waals surface area (Å²) in [5, 5.41) is 7.62. The van der Waals surface area contributed by atoms with Crippen LogP contribution in [0.5, 0.6) is 0 Å². The fourth-order valence-electron chi connectivity index (χ4n) is 2.34. The standard InChI is InChI=1S/C12H16BrF2O4P/c1-3-12(4-2,20(17,18-14)19-15)10-6-5-9(8-16)7-11(10)13/h5-7,16H,3-4,8H2,1-2H3. The molecule has 0 aromatic heterocycles. The van der Waals surface area contributed by atoms with Crippen molar-refractivity contribution in [2.75, 3.05) is 0 Å². The molecule has 1 rings (SSSR count). The maximum Gasteiger partial charge on any atom is 0.404 e. The first-order chi connectivity index (χ1) is 9.44. The molecule has 8 heteroatoms. The molecule has 0 heterocycles. The van der Waals surface area contributed by atoms with E-state index in [9.17, 15) is 13.6 Å². The molecule has 0 atom stereocenters. The van der Waals surface area contributed by atoms with Crippen LogP contribution in [0.15, 0.2) is 22.7 Å². The van der Waals surface area contributed by atoms with E-state index in [2.05, 4.69) is 25.4 Å². The number of halogens is 3. The first kappa shape index (κ1) is 17.7. The molecule has 1 N–H and O–H groups in total. The molecule has 0 fully saturated rings. The van der Waals surface area contributed by atoms with E-state index in [1.165, 1.54) is 0 Å². The molecule has 4 nitrogen and oxygen atoms in total. The second-order valence-corrected chi connectivity index (χ2v) is 7.33. The quantitative estimate of drug-likeness (QED) is 0.687. The molecule has 0 amide bonds. The van der Waals surface area contributed by atoms with Gasteiger partial charge >= 0.3 is 7.60 Å². The highest BCUT2D eigenvalue weighted by atomic mass is 79.9. The fourth-order valence-corrected chi connectivity index (χ4v) is 4.85. The zero-order valence-corrected chi connectivity index (χ0v) is 13.6. The number of aliphatic hydroxyl groups is 1. The summed E-state index contributed by atoms with van der Waals surface area (Å²) in [6.07, 6.45) is 0.289. The molecule has 0 aliphatic rings. The second kappa shape index (κ2) is 7.09. The van der Waals surface area contributed by atoms with E-state index in [-0.39, 0.29) is 19.4 Å². The van der Waals surface area contributed by atoms with Crippen molar-refractivity contribution in [3.63, 3.8) is 0 Å². The average Bonchev–Trinajstić information content (AvgIpc) is 2.49. The van der Waals surface area contributed by atoms with Gasteiger partial charge in [-0.15, -0.1) is 9.46 Å². The maximum atomic E-state index is 12.7. The Morgan fingerprint density at radius 3 is 2.20 bits per heavy atom. The second-order valence-electron chi connectivity index (χ2n) is 4.35. The summed E-state index contributed by atoms with van der Waals surface area (Å²) in [6.45, 7) is 3.10. The van der Waals surface area contributed by atoms with Crippen molar-refractivity contribution in [1.82, 2.24) is 0 Å². The van der Waals surface area contributed by atoms with Crippen LogP contribution in [-0.2, 0) is 25.8 Å². The molecule has 0 unspecified atom stereocenters. The van der Waals surface area contributed by atoms with Crippen LogP contribution in [0.2, 0.25) is 0 Å². The molecule has 0 bridgehead atoms. The Labute approximate surface area is 124 Å². The minimum atomic E-state index is -4.62. The maximum absolute atomic E-state index is 12.7. The largest absolute Gasteiger partial charge is 0.404 e. The zero-order valence-electron chi connectivity index (χ0n) is 11.1. The summed E-state index contributed by atoms with van der Waals surface area (Å²) in [7, 11) is -4.62. The first-order valence-electron chi connectivity index (χ1n) is 6.05. The van der Waals surface area contributed by atoms with Crippen LogP contribution in [0.1, 0.15) is 37.8 Å². The fraction of sp³-hybridized carbons (Fsp3) is 0.500. The van der Waals surface area contributed by atoms with Crippen molar-refractivity contribution in [2.24, 2.45) is 0 Å². The Hall–Kier alpha value is -0.330. The summed E-state index contributed by atoms with van der Waals surface area (Å²) in [5.74, 6) is 0. The monoisotopic (exact) mass is 372 g/mol. The Balaban J connectivity index is 3.52. The average molecular weight is 373 g/mol. The lowest BCUT2D eigenvalue weighted by Gasteiger charge is -2.34. The van der Waals surface area contributed by atoms with Crippen LogP contribution in [0.4, 0.5) is 9.05 Å². The predicted octanol–water partition coefficient (Wildman–Crippen LogP) is 4.95. The van der Waals surface area contributed by atoms with Gasteiger partial charge < -0.3 is 5.11 Å². The van der Waals surface area contributed by atoms with E-state index in [0.717, 1.165) is 0 Å².